The molecule has 0 aliphatic carbocycles. The molecule has 4 rings (SSSR count). The lowest BCUT2D eigenvalue weighted by atomic mass is 10.0. The largest absolute Gasteiger partial charge is 0.348 e. The predicted octanol–water partition coefficient (Wildman–Crippen LogP) is 4.01. The highest BCUT2D eigenvalue weighted by Crippen LogP contribution is 2.31. The molecule has 3 aromatic rings. The average molecular weight is 441 g/mol. The van der Waals surface area contributed by atoms with Gasteiger partial charge >= 0.3 is 0 Å². The van der Waals surface area contributed by atoms with Crippen molar-refractivity contribution in [3.05, 3.63) is 58.4 Å². The summed E-state index contributed by atoms with van der Waals surface area (Å²) in [7, 11) is 0. The first-order valence-corrected chi connectivity index (χ1v) is 11.7. The summed E-state index contributed by atoms with van der Waals surface area (Å²) in [6.45, 7) is 3.83. The van der Waals surface area contributed by atoms with Gasteiger partial charge in [0, 0.05) is 24.8 Å². The minimum absolute atomic E-state index is 0.00919. The Kier molecular flexibility index (Phi) is 6.56. The van der Waals surface area contributed by atoms with Crippen LogP contribution < -0.4 is 10.6 Å². The van der Waals surface area contributed by atoms with E-state index >= 15 is 0 Å². The molecule has 0 atom stereocenters. The van der Waals surface area contributed by atoms with Crippen molar-refractivity contribution in [3.63, 3.8) is 0 Å². The summed E-state index contributed by atoms with van der Waals surface area (Å²) < 4.78 is 0. The van der Waals surface area contributed by atoms with Crippen LogP contribution in [-0.4, -0.2) is 47.4 Å². The fraction of sp³-hybridized carbons (Fsp3) is 0.318. The average Bonchev–Trinajstić information content (AvgIpc) is 3.40. The van der Waals surface area contributed by atoms with Crippen molar-refractivity contribution < 1.29 is 9.59 Å². The molecule has 1 aliphatic rings. The van der Waals surface area contributed by atoms with Gasteiger partial charge in [-0.15, -0.1) is 22.7 Å². The van der Waals surface area contributed by atoms with Gasteiger partial charge in [-0.1, -0.05) is 24.3 Å². The van der Waals surface area contributed by atoms with Crippen LogP contribution in [0.5, 0.6) is 0 Å². The normalized spacial score (nSPS) is 15.1. The fourth-order valence-electron chi connectivity index (χ4n) is 3.52. The summed E-state index contributed by atoms with van der Waals surface area (Å²) in [6, 6.07) is 13.6. The number of para-hydroxylation sites is 1. The minimum Gasteiger partial charge on any atom is -0.348 e. The molecule has 2 N–H and O–H groups in total. The first kappa shape index (κ1) is 20.7. The second-order valence-corrected chi connectivity index (χ2v) is 9.30. The zero-order valence-electron chi connectivity index (χ0n) is 16.8. The van der Waals surface area contributed by atoms with Crippen LogP contribution in [0.15, 0.2) is 47.8 Å². The van der Waals surface area contributed by atoms with E-state index < -0.39 is 0 Å². The van der Waals surface area contributed by atoms with Crippen LogP contribution in [-0.2, 0) is 4.79 Å². The number of hydrogen-bond donors (Lipinski definition) is 2. The highest BCUT2D eigenvalue weighted by molar-refractivity contribution is 7.22. The van der Waals surface area contributed by atoms with Gasteiger partial charge in [-0.05, 0) is 43.3 Å². The quantitative estimate of drug-likeness (QED) is 0.607. The number of carbonyl (C=O) groups excluding carboxylic acids is 2. The van der Waals surface area contributed by atoms with Crippen LogP contribution in [0, 0.1) is 6.92 Å². The maximum absolute atomic E-state index is 12.8. The van der Waals surface area contributed by atoms with Crippen LogP contribution in [0.4, 0.5) is 5.69 Å². The standard InChI is InChI=1S/C22H24N4O2S2/c1-15-20(30-22(23-15)18-8-5-13-29-18)21(28)25-17-9-11-26(12-10-17)14-19(27)24-16-6-3-2-4-7-16/h2-8,13,17H,9-12,14H2,1H3,(H,24,27)(H,25,28). The smallest absolute Gasteiger partial charge is 0.263 e. The second kappa shape index (κ2) is 9.51. The molecule has 3 heterocycles. The Hall–Kier alpha value is -2.55. The van der Waals surface area contributed by atoms with Gasteiger partial charge in [0.2, 0.25) is 5.91 Å². The lowest BCUT2D eigenvalue weighted by Crippen LogP contribution is -2.46. The van der Waals surface area contributed by atoms with E-state index in [0.717, 1.165) is 47.2 Å². The molecule has 1 aliphatic heterocycles. The van der Waals surface area contributed by atoms with E-state index in [2.05, 4.69) is 20.5 Å². The van der Waals surface area contributed by atoms with E-state index in [-0.39, 0.29) is 17.9 Å². The van der Waals surface area contributed by atoms with Gasteiger partial charge in [0.05, 0.1) is 17.1 Å². The molecule has 8 heteroatoms. The number of carbonyl (C=O) groups is 2. The summed E-state index contributed by atoms with van der Waals surface area (Å²) in [5.74, 6) is -0.0573. The maximum Gasteiger partial charge on any atom is 0.263 e. The van der Waals surface area contributed by atoms with Crippen molar-refractivity contribution in [1.82, 2.24) is 15.2 Å². The van der Waals surface area contributed by atoms with Crippen LogP contribution in [0.3, 0.4) is 0 Å². The minimum atomic E-state index is -0.0481. The van der Waals surface area contributed by atoms with Crippen LogP contribution in [0.25, 0.3) is 9.88 Å². The maximum atomic E-state index is 12.8. The third-order valence-electron chi connectivity index (χ3n) is 5.08. The van der Waals surface area contributed by atoms with E-state index in [1.54, 1.807) is 11.3 Å². The van der Waals surface area contributed by atoms with Crippen molar-refractivity contribution in [2.45, 2.75) is 25.8 Å². The molecule has 2 amide bonds. The zero-order chi connectivity index (χ0) is 20.9. The van der Waals surface area contributed by atoms with Crippen molar-refractivity contribution in [3.8, 4) is 9.88 Å². The zero-order valence-corrected chi connectivity index (χ0v) is 18.4. The fourth-order valence-corrected chi connectivity index (χ4v) is 5.29. The first-order valence-electron chi connectivity index (χ1n) is 9.98. The van der Waals surface area contributed by atoms with Gasteiger partial charge in [0.25, 0.3) is 5.91 Å². The molecule has 6 nitrogen and oxygen atoms in total. The number of thiazole rings is 1. The van der Waals surface area contributed by atoms with E-state index in [0.29, 0.717) is 11.4 Å². The van der Waals surface area contributed by atoms with E-state index in [1.165, 1.54) is 11.3 Å². The van der Waals surface area contributed by atoms with E-state index in [1.807, 2.05) is 54.8 Å². The molecular formula is C22H24N4O2S2. The summed E-state index contributed by atoms with van der Waals surface area (Å²) in [5, 5.41) is 8.98. The molecular weight excluding hydrogens is 416 g/mol. The molecule has 1 fully saturated rings. The number of rotatable bonds is 6. The molecule has 0 spiro atoms. The Morgan fingerprint density at radius 2 is 1.90 bits per heavy atom. The van der Waals surface area contributed by atoms with Crippen LogP contribution in [0.1, 0.15) is 28.2 Å². The number of anilines is 1. The molecule has 0 saturated carbocycles. The lowest BCUT2D eigenvalue weighted by molar-refractivity contribution is -0.117. The van der Waals surface area contributed by atoms with Crippen LogP contribution >= 0.6 is 22.7 Å². The van der Waals surface area contributed by atoms with Gasteiger partial charge in [-0.25, -0.2) is 4.98 Å². The third kappa shape index (κ3) is 5.13. The van der Waals surface area contributed by atoms with Crippen molar-refractivity contribution in [1.29, 1.82) is 0 Å². The van der Waals surface area contributed by atoms with Crippen molar-refractivity contribution in [2.75, 3.05) is 25.0 Å². The number of aryl methyl sites for hydroxylation is 1. The number of aromatic nitrogens is 1. The Labute approximate surface area is 184 Å². The lowest BCUT2D eigenvalue weighted by Gasteiger charge is -2.31. The van der Waals surface area contributed by atoms with Gasteiger partial charge in [-0.2, -0.15) is 0 Å². The van der Waals surface area contributed by atoms with Gasteiger partial charge < -0.3 is 10.6 Å². The number of benzene rings is 1. The molecule has 0 bridgehead atoms. The highest BCUT2D eigenvalue weighted by Gasteiger charge is 2.24. The predicted molar refractivity (Wildman–Crippen MR) is 122 cm³/mol. The summed E-state index contributed by atoms with van der Waals surface area (Å²) in [6.07, 6.45) is 1.67. The molecule has 0 radical (unpaired) electrons. The molecule has 1 aromatic carbocycles. The second-order valence-electron chi connectivity index (χ2n) is 7.35. The van der Waals surface area contributed by atoms with Crippen LogP contribution in [0.2, 0.25) is 0 Å². The third-order valence-corrected chi connectivity index (χ3v) is 7.28. The molecule has 1 saturated heterocycles. The number of nitrogens with zero attached hydrogens (tertiary/aromatic N) is 2. The van der Waals surface area contributed by atoms with Gasteiger partial charge in [0.15, 0.2) is 0 Å². The van der Waals surface area contributed by atoms with E-state index in [4.69, 9.17) is 0 Å². The van der Waals surface area contributed by atoms with Gasteiger partial charge in [-0.3, -0.25) is 14.5 Å². The first-order chi connectivity index (χ1) is 14.6. The Balaban J connectivity index is 1.26. The number of piperidine rings is 1. The molecule has 0 unspecified atom stereocenters. The number of thiophene rings is 1. The topological polar surface area (TPSA) is 74.3 Å². The molecule has 2 aromatic heterocycles. The number of amides is 2. The number of hydrogen-bond acceptors (Lipinski definition) is 6. The summed E-state index contributed by atoms with van der Waals surface area (Å²) >= 11 is 3.08. The van der Waals surface area contributed by atoms with Gasteiger partial charge in [0.1, 0.15) is 9.88 Å². The van der Waals surface area contributed by atoms with E-state index in [9.17, 15) is 9.59 Å². The molecule has 30 heavy (non-hydrogen) atoms. The summed E-state index contributed by atoms with van der Waals surface area (Å²) in [4.78, 5) is 33.5. The Morgan fingerprint density at radius 1 is 1.13 bits per heavy atom. The number of likely N-dealkylation sites (tertiary alicyclic amines) is 1. The SMILES string of the molecule is Cc1nc(-c2cccs2)sc1C(=O)NC1CCN(CC(=O)Nc2ccccc2)CC1. The monoisotopic (exact) mass is 440 g/mol. The highest BCUT2D eigenvalue weighted by atomic mass is 32.1. The number of nitrogens with one attached hydrogen (secondary N) is 2. The van der Waals surface area contributed by atoms with Crippen molar-refractivity contribution in [2.24, 2.45) is 0 Å². The van der Waals surface area contributed by atoms with Crippen molar-refractivity contribution >= 4 is 40.2 Å². The molecule has 156 valence electrons. The summed E-state index contributed by atoms with van der Waals surface area (Å²) in [5.41, 5.74) is 1.59. The Morgan fingerprint density at radius 3 is 2.60 bits per heavy atom. The Bertz CT molecular complexity index is 994.